The molecule has 2 aromatic rings. The van der Waals surface area contributed by atoms with Crippen LogP contribution in [0.4, 0.5) is 0 Å². The number of hydrogen-bond acceptors (Lipinski definition) is 1. The van der Waals surface area contributed by atoms with Gasteiger partial charge >= 0.3 is 0 Å². The lowest BCUT2D eigenvalue weighted by Gasteiger charge is -2.37. The van der Waals surface area contributed by atoms with E-state index in [1.165, 1.54) is 35.1 Å². The van der Waals surface area contributed by atoms with Gasteiger partial charge in [0, 0.05) is 22.1 Å². The van der Waals surface area contributed by atoms with Crippen LogP contribution in [0.15, 0.2) is 48.5 Å². The molecule has 0 spiro atoms. The molecule has 2 heterocycles. The van der Waals surface area contributed by atoms with Crippen LogP contribution in [-0.4, -0.2) is 18.0 Å². The lowest BCUT2D eigenvalue weighted by molar-refractivity contribution is 0.230. The van der Waals surface area contributed by atoms with E-state index in [1.54, 1.807) is 11.1 Å². The van der Waals surface area contributed by atoms with E-state index in [0.717, 1.165) is 0 Å². The minimum Gasteiger partial charge on any atom is -0.295 e. The van der Waals surface area contributed by atoms with E-state index < -0.39 is 0 Å². The average Bonchev–Trinajstić information content (AvgIpc) is 2.96. The predicted molar refractivity (Wildman–Crippen MR) is 91.0 cm³/mol. The van der Waals surface area contributed by atoms with Gasteiger partial charge in [-0.15, -0.1) is 0 Å². The molecule has 4 rings (SSSR count). The number of hydrogen-bond donors (Lipinski definition) is 0. The van der Waals surface area contributed by atoms with E-state index in [9.17, 15) is 0 Å². The van der Waals surface area contributed by atoms with E-state index in [2.05, 4.69) is 76.0 Å². The number of benzene rings is 2. The van der Waals surface area contributed by atoms with Crippen molar-refractivity contribution in [1.29, 1.82) is 0 Å². The number of rotatable bonds is 1. The first kappa shape index (κ1) is 12.8. The van der Waals surface area contributed by atoms with Crippen molar-refractivity contribution in [3.05, 3.63) is 68.8 Å². The Hall–Kier alpha value is -0.870. The number of halogens is 1. The van der Waals surface area contributed by atoms with Crippen molar-refractivity contribution in [3.8, 4) is 0 Å². The molecule has 0 bridgehead atoms. The second-order valence-electron chi connectivity index (χ2n) is 5.89. The summed E-state index contributed by atoms with van der Waals surface area (Å²) in [5, 5.41) is 0. The fourth-order valence-corrected chi connectivity index (χ4v) is 4.20. The van der Waals surface area contributed by atoms with Gasteiger partial charge in [0.05, 0.1) is 0 Å². The van der Waals surface area contributed by atoms with E-state index in [-0.39, 0.29) is 0 Å². The minimum absolute atomic E-state index is 0.539. The Kier molecular flexibility index (Phi) is 3.31. The highest BCUT2D eigenvalue weighted by Crippen LogP contribution is 2.43. The van der Waals surface area contributed by atoms with Crippen LogP contribution >= 0.6 is 22.6 Å². The topological polar surface area (TPSA) is 3.24 Å². The van der Waals surface area contributed by atoms with Crippen LogP contribution in [0.3, 0.4) is 0 Å². The maximum atomic E-state index is 2.69. The Balaban J connectivity index is 1.80. The molecule has 0 N–H and O–H groups in total. The van der Waals surface area contributed by atoms with Gasteiger partial charge in [-0.1, -0.05) is 36.4 Å². The molecule has 2 atom stereocenters. The van der Waals surface area contributed by atoms with E-state index in [0.29, 0.717) is 12.0 Å². The van der Waals surface area contributed by atoms with Crippen LogP contribution < -0.4 is 0 Å². The zero-order chi connectivity index (χ0) is 13.5. The lowest BCUT2D eigenvalue weighted by atomic mass is 9.82. The van der Waals surface area contributed by atoms with Crippen molar-refractivity contribution in [1.82, 2.24) is 4.90 Å². The van der Waals surface area contributed by atoms with Crippen molar-refractivity contribution < 1.29 is 0 Å². The molecule has 0 aromatic heterocycles. The van der Waals surface area contributed by atoms with Crippen LogP contribution in [0.5, 0.6) is 0 Å². The highest BCUT2D eigenvalue weighted by atomic mass is 127. The third kappa shape index (κ3) is 2.09. The highest BCUT2D eigenvalue weighted by Gasteiger charge is 2.35. The molecule has 2 heteroatoms. The monoisotopic (exact) mass is 375 g/mol. The van der Waals surface area contributed by atoms with Crippen molar-refractivity contribution in [2.24, 2.45) is 0 Å². The Morgan fingerprint density at radius 2 is 1.70 bits per heavy atom. The maximum absolute atomic E-state index is 2.69. The van der Waals surface area contributed by atoms with E-state index >= 15 is 0 Å². The quantitative estimate of drug-likeness (QED) is 0.660. The van der Waals surface area contributed by atoms with Gasteiger partial charge < -0.3 is 0 Å². The molecule has 1 nitrogen and oxygen atoms in total. The molecule has 102 valence electrons. The summed E-state index contributed by atoms with van der Waals surface area (Å²) in [5.41, 5.74) is 4.58. The summed E-state index contributed by atoms with van der Waals surface area (Å²) in [7, 11) is 0. The first-order valence-corrected chi connectivity index (χ1v) is 8.49. The zero-order valence-corrected chi connectivity index (χ0v) is 13.6. The fraction of sp³-hybridized carbons (Fsp3) is 0.333. The molecule has 0 radical (unpaired) electrons. The first-order chi connectivity index (χ1) is 9.83. The number of nitrogens with zero attached hydrogens (tertiary/aromatic N) is 1. The van der Waals surface area contributed by atoms with Gasteiger partial charge in [-0.25, -0.2) is 0 Å². The first-order valence-electron chi connectivity index (χ1n) is 7.41. The van der Waals surface area contributed by atoms with Gasteiger partial charge in [0.15, 0.2) is 0 Å². The van der Waals surface area contributed by atoms with Gasteiger partial charge in [0.25, 0.3) is 0 Å². The Morgan fingerprint density at radius 1 is 0.950 bits per heavy atom. The Bertz CT molecular complexity index is 620. The van der Waals surface area contributed by atoms with Gasteiger partial charge in [0.1, 0.15) is 0 Å². The van der Waals surface area contributed by atoms with Crippen LogP contribution in [0.2, 0.25) is 0 Å². The summed E-state index contributed by atoms with van der Waals surface area (Å²) in [6.45, 7) is 2.45. The average molecular weight is 375 g/mol. The minimum atomic E-state index is 0.539. The maximum Gasteiger partial charge on any atom is 0.0351 e. The molecule has 0 saturated carbocycles. The molecule has 20 heavy (non-hydrogen) atoms. The van der Waals surface area contributed by atoms with Crippen LogP contribution in [0.25, 0.3) is 0 Å². The van der Waals surface area contributed by atoms with Gasteiger partial charge in [0.2, 0.25) is 0 Å². The zero-order valence-electron chi connectivity index (χ0n) is 11.4. The highest BCUT2D eigenvalue weighted by molar-refractivity contribution is 14.1. The molecule has 2 aliphatic heterocycles. The normalized spacial score (nSPS) is 25.2. The van der Waals surface area contributed by atoms with Crippen molar-refractivity contribution >= 4 is 22.6 Å². The fourth-order valence-electron chi connectivity index (χ4n) is 3.84. The van der Waals surface area contributed by atoms with Crippen molar-refractivity contribution in [3.63, 3.8) is 0 Å². The standard InChI is InChI=1S/C18H18IN/c19-14-9-7-13(8-10-14)17-12-20-11-3-6-18(20)16-5-2-1-4-15(16)17/h1-2,4-5,7-10,17-18H,3,6,11-12H2. The van der Waals surface area contributed by atoms with Gasteiger partial charge in [-0.3, -0.25) is 4.90 Å². The van der Waals surface area contributed by atoms with Crippen LogP contribution in [-0.2, 0) is 0 Å². The number of fused-ring (bicyclic) bond motifs is 3. The summed E-state index contributed by atoms with van der Waals surface area (Å²) in [4.78, 5) is 2.69. The molecule has 2 aromatic carbocycles. The second kappa shape index (κ2) is 5.15. The largest absolute Gasteiger partial charge is 0.295 e. The molecule has 0 amide bonds. The molecule has 2 unspecified atom stereocenters. The molecule has 0 aliphatic carbocycles. The summed E-state index contributed by atoms with van der Waals surface area (Å²) in [6, 6.07) is 18.8. The predicted octanol–water partition coefficient (Wildman–Crippen LogP) is 4.57. The SMILES string of the molecule is Ic1ccc(C2CN3CCCC3c3ccccc32)cc1. The molecule has 2 aliphatic rings. The molecular formula is C18H18IN. The molecule has 1 fully saturated rings. The van der Waals surface area contributed by atoms with E-state index in [4.69, 9.17) is 0 Å². The summed E-state index contributed by atoms with van der Waals surface area (Å²) in [6.07, 6.45) is 2.68. The van der Waals surface area contributed by atoms with Crippen LogP contribution in [0.1, 0.15) is 41.5 Å². The second-order valence-corrected chi connectivity index (χ2v) is 7.13. The third-order valence-corrected chi connectivity index (χ3v) is 5.50. The smallest absolute Gasteiger partial charge is 0.0351 e. The Labute approximate surface area is 134 Å². The van der Waals surface area contributed by atoms with Crippen molar-refractivity contribution in [2.75, 3.05) is 13.1 Å². The Morgan fingerprint density at radius 3 is 2.50 bits per heavy atom. The van der Waals surface area contributed by atoms with Crippen LogP contribution in [0, 0.1) is 3.57 Å². The van der Waals surface area contributed by atoms with Gasteiger partial charge in [-0.2, -0.15) is 0 Å². The van der Waals surface area contributed by atoms with Crippen molar-refractivity contribution in [2.45, 2.75) is 24.8 Å². The third-order valence-electron chi connectivity index (χ3n) is 4.78. The summed E-state index contributed by atoms with van der Waals surface area (Å²) in [5.74, 6) is 0.539. The van der Waals surface area contributed by atoms with E-state index in [1.807, 2.05) is 0 Å². The lowest BCUT2D eigenvalue weighted by Crippen LogP contribution is -2.34. The van der Waals surface area contributed by atoms with Gasteiger partial charge in [-0.05, 0) is 70.8 Å². The summed E-state index contributed by atoms with van der Waals surface area (Å²) >= 11 is 2.38. The molecular weight excluding hydrogens is 357 g/mol. The summed E-state index contributed by atoms with van der Waals surface area (Å²) < 4.78 is 1.31. The molecule has 1 saturated heterocycles.